The predicted molar refractivity (Wildman–Crippen MR) is 45.8 cm³/mol. The van der Waals surface area contributed by atoms with Gasteiger partial charge < -0.3 is 9.84 Å². The van der Waals surface area contributed by atoms with Crippen molar-refractivity contribution in [2.45, 2.75) is 32.7 Å². The predicted octanol–water partition coefficient (Wildman–Crippen LogP) is 1.30. The summed E-state index contributed by atoms with van der Waals surface area (Å²) in [4.78, 5) is 4.23. The standard InChI is InChI=1S/C8H15N3O/c1-4-6(2)8-10-7(5-9-3)12-11-8/h6,9H,4-5H2,1-3H3. The number of rotatable bonds is 4. The van der Waals surface area contributed by atoms with Crippen LogP contribution in [0.5, 0.6) is 0 Å². The molecule has 1 rings (SSSR count). The number of nitrogens with zero attached hydrogens (tertiary/aromatic N) is 2. The lowest BCUT2D eigenvalue weighted by Crippen LogP contribution is -2.05. The number of hydrogen-bond acceptors (Lipinski definition) is 4. The molecule has 1 N–H and O–H groups in total. The molecule has 0 aliphatic carbocycles. The van der Waals surface area contributed by atoms with Crippen LogP contribution in [0.4, 0.5) is 0 Å². The zero-order valence-electron chi connectivity index (χ0n) is 7.79. The quantitative estimate of drug-likeness (QED) is 0.738. The third kappa shape index (κ3) is 2.04. The molecule has 1 unspecified atom stereocenters. The Bertz CT molecular complexity index is 234. The van der Waals surface area contributed by atoms with Gasteiger partial charge in [-0.05, 0) is 13.5 Å². The number of hydrogen-bond donors (Lipinski definition) is 1. The molecular formula is C8H15N3O. The largest absolute Gasteiger partial charge is 0.338 e. The van der Waals surface area contributed by atoms with E-state index in [0.717, 1.165) is 12.2 Å². The second-order valence-corrected chi connectivity index (χ2v) is 2.89. The van der Waals surface area contributed by atoms with Crippen LogP contribution in [0, 0.1) is 0 Å². The molecule has 0 aromatic carbocycles. The van der Waals surface area contributed by atoms with Crippen molar-refractivity contribution in [1.82, 2.24) is 15.5 Å². The van der Waals surface area contributed by atoms with E-state index in [1.54, 1.807) is 0 Å². The minimum absolute atomic E-state index is 0.388. The monoisotopic (exact) mass is 169 g/mol. The van der Waals surface area contributed by atoms with Crippen LogP contribution in [0.25, 0.3) is 0 Å². The van der Waals surface area contributed by atoms with Gasteiger partial charge in [-0.25, -0.2) is 0 Å². The highest BCUT2D eigenvalue weighted by atomic mass is 16.5. The van der Waals surface area contributed by atoms with Gasteiger partial charge >= 0.3 is 0 Å². The van der Waals surface area contributed by atoms with E-state index >= 15 is 0 Å². The smallest absolute Gasteiger partial charge is 0.240 e. The summed E-state index contributed by atoms with van der Waals surface area (Å²) in [7, 11) is 1.85. The Morgan fingerprint density at radius 1 is 1.58 bits per heavy atom. The van der Waals surface area contributed by atoms with Gasteiger partial charge in [-0.3, -0.25) is 0 Å². The summed E-state index contributed by atoms with van der Waals surface area (Å²) >= 11 is 0. The normalized spacial score (nSPS) is 13.2. The Hall–Kier alpha value is -0.900. The van der Waals surface area contributed by atoms with Crippen molar-refractivity contribution in [2.24, 2.45) is 0 Å². The summed E-state index contributed by atoms with van der Waals surface area (Å²) in [5, 5.41) is 6.84. The Labute approximate surface area is 72.4 Å². The third-order valence-corrected chi connectivity index (χ3v) is 1.86. The van der Waals surface area contributed by atoms with Crippen molar-refractivity contribution >= 4 is 0 Å². The van der Waals surface area contributed by atoms with E-state index in [9.17, 15) is 0 Å². The molecule has 1 aromatic rings. The van der Waals surface area contributed by atoms with E-state index in [0.29, 0.717) is 18.4 Å². The molecule has 4 nitrogen and oxygen atoms in total. The zero-order chi connectivity index (χ0) is 8.97. The average molecular weight is 169 g/mol. The Kier molecular flexibility index (Phi) is 3.22. The first-order valence-electron chi connectivity index (χ1n) is 4.25. The van der Waals surface area contributed by atoms with Gasteiger partial charge in [-0.2, -0.15) is 4.98 Å². The molecule has 0 saturated carbocycles. The van der Waals surface area contributed by atoms with Crippen molar-refractivity contribution in [1.29, 1.82) is 0 Å². The highest BCUT2D eigenvalue weighted by molar-refractivity contribution is 4.92. The fourth-order valence-electron chi connectivity index (χ4n) is 0.874. The van der Waals surface area contributed by atoms with Crippen LogP contribution in [0.15, 0.2) is 4.52 Å². The molecule has 68 valence electrons. The molecule has 0 bridgehead atoms. The second-order valence-electron chi connectivity index (χ2n) is 2.89. The molecule has 0 radical (unpaired) electrons. The average Bonchev–Trinajstić information content (AvgIpc) is 2.52. The molecule has 1 heterocycles. The highest BCUT2D eigenvalue weighted by Gasteiger charge is 2.10. The fraction of sp³-hybridized carbons (Fsp3) is 0.750. The van der Waals surface area contributed by atoms with Crippen LogP contribution >= 0.6 is 0 Å². The van der Waals surface area contributed by atoms with Gasteiger partial charge in [-0.1, -0.05) is 19.0 Å². The van der Waals surface area contributed by atoms with Gasteiger partial charge in [0.2, 0.25) is 5.89 Å². The maximum atomic E-state index is 5.00. The van der Waals surface area contributed by atoms with Gasteiger partial charge in [0.25, 0.3) is 0 Å². The maximum Gasteiger partial charge on any atom is 0.240 e. The molecule has 1 atom stereocenters. The van der Waals surface area contributed by atoms with Crippen LogP contribution in [-0.2, 0) is 6.54 Å². The first-order chi connectivity index (χ1) is 5.77. The zero-order valence-corrected chi connectivity index (χ0v) is 7.79. The summed E-state index contributed by atoms with van der Waals surface area (Å²) in [5.74, 6) is 1.86. The van der Waals surface area contributed by atoms with E-state index in [1.807, 2.05) is 7.05 Å². The van der Waals surface area contributed by atoms with E-state index in [4.69, 9.17) is 4.52 Å². The summed E-state index contributed by atoms with van der Waals surface area (Å²) in [5.41, 5.74) is 0. The van der Waals surface area contributed by atoms with Gasteiger partial charge in [-0.15, -0.1) is 0 Å². The molecule has 4 heteroatoms. The van der Waals surface area contributed by atoms with Crippen molar-refractivity contribution in [3.8, 4) is 0 Å². The Morgan fingerprint density at radius 3 is 2.92 bits per heavy atom. The van der Waals surface area contributed by atoms with Gasteiger partial charge in [0.1, 0.15) is 0 Å². The summed E-state index contributed by atoms with van der Waals surface area (Å²) < 4.78 is 5.00. The lowest BCUT2D eigenvalue weighted by Gasteiger charge is -1.98. The molecule has 0 amide bonds. The first-order valence-corrected chi connectivity index (χ1v) is 4.25. The highest BCUT2D eigenvalue weighted by Crippen LogP contribution is 2.14. The number of nitrogens with one attached hydrogen (secondary N) is 1. The number of aromatic nitrogens is 2. The Morgan fingerprint density at radius 2 is 2.33 bits per heavy atom. The summed E-state index contributed by atoms with van der Waals surface area (Å²) in [6, 6.07) is 0. The van der Waals surface area contributed by atoms with Crippen molar-refractivity contribution in [3.05, 3.63) is 11.7 Å². The van der Waals surface area contributed by atoms with Crippen molar-refractivity contribution in [3.63, 3.8) is 0 Å². The van der Waals surface area contributed by atoms with E-state index in [1.165, 1.54) is 0 Å². The minimum atomic E-state index is 0.388. The SMILES string of the molecule is CCC(C)c1noc(CNC)n1. The van der Waals surface area contributed by atoms with E-state index in [-0.39, 0.29) is 0 Å². The van der Waals surface area contributed by atoms with Crippen molar-refractivity contribution < 1.29 is 4.52 Å². The molecular weight excluding hydrogens is 154 g/mol. The second kappa shape index (κ2) is 4.21. The molecule has 0 aliphatic rings. The van der Waals surface area contributed by atoms with Gasteiger partial charge in [0.05, 0.1) is 6.54 Å². The van der Waals surface area contributed by atoms with Crippen LogP contribution < -0.4 is 5.32 Å². The van der Waals surface area contributed by atoms with Gasteiger partial charge in [0.15, 0.2) is 5.82 Å². The third-order valence-electron chi connectivity index (χ3n) is 1.86. The lowest BCUT2D eigenvalue weighted by molar-refractivity contribution is 0.364. The maximum absolute atomic E-state index is 5.00. The van der Waals surface area contributed by atoms with Crippen LogP contribution in [0.3, 0.4) is 0 Å². The molecule has 1 aromatic heterocycles. The lowest BCUT2D eigenvalue weighted by atomic mass is 10.1. The fourth-order valence-corrected chi connectivity index (χ4v) is 0.874. The molecule has 0 aliphatic heterocycles. The minimum Gasteiger partial charge on any atom is -0.338 e. The van der Waals surface area contributed by atoms with Crippen LogP contribution in [-0.4, -0.2) is 17.2 Å². The molecule has 0 spiro atoms. The summed E-state index contributed by atoms with van der Waals surface area (Å²) in [6.45, 7) is 4.84. The molecule has 0 saturated heterocycles. The van der Waals surface area contributed by atoms with Crippen LogP contribution in [0.2, 0.25) is 0 Å². The topological polar surface area (TPSA) is 51.0 Å². The Balaban J connectivity index is 2.63. The van der Waals surface area contributed by atoms with E-state index < -0.39 is 0 Å². The molecule has 0 fully saturated rings. The van der Waals surface area contributed by atoms with Crippen molar-refractivity contribution in [2.75, 3.05) is 7.05 Å². The van der Waals surface area contributed by atoms with Gasteiger partial charge in [0, 0.05) is 5.92 Å². The summed E-state index contributed by atoms with van der Waals surface area (Å²) in [6.07, 6.45) is 1.04. The first kappa shape index (κ1) is 9.19. The van der Waals surface area contributed by atoms with E-state index in [2.05, 4.69) is 29.3 Å². The van der Waals surface area contributed by atoms with Crippen LogP contribution in [0.1, 0.15) is 37.9 Å². The molecule has 12 heavy (non-hydrogen) atoms.